The Morgan fingerprint density at radius 2 is 1.52 bits per heavy atom. The molecule has 2 atom stereocenters. The van der Waals surface area contributed by atoms with Crippen LogP contribution in [0.2, 0.25) is 0 Å². The van der Waals surface area contributed by atoms with Gasteiger partial charge in [-0.2, -0.15) is 9.97 Å². The maximum atomic E-state index is 13.1. The molecule has 0 spiro atoms. The van der Waals surface area contributed by atoms with E-state index >= 15 is 0 Å². The number of aromatic amines is 2. The second kappa shape index (κ2) is 13.5. The van der Waals surface area contributed by atoms with Crippen molar-refractivity contribution in [3.05, 3.63) is 47.9 Å². The summed E-state index contributed by atoms with van der Waals surface area (Å²) in [5, 5.41) is 11.0. The number of amides is 1. The third-order valence-corrected chi connectivity index (χ3v) is 6.73. The molecule has 12 nitrogen and oxygen atoms in total. The molecule has 2 fully saturated rings. The molecule has 4 aromatic heterocycles. The number of rotatable bonds is 4. The van der Waals surface area contributed by atoms with Crippen LogP contribution in [0.3, 0.4) is 0 Å². The first-order valence-electron chi connectivity index (χ1n) is 13.7. The van der Waals surface area contributed by atoms with E-state index in [0.29, 0.717) is 47.9 Å². The summed E-state index contributed by atoms with van der Waals surface area (Å²) in [4.78, 5) is 28.0. The molecule has 0 radical (unpaired) electrons. The predicted molar refractivity (Wildman–Crippen MR) is 150 cm³/mol. The molecule has 4 aromatic rings. The topological polar surface area (TPSA) is 151 Å². The molecule has 15 heteroatoms. The summed E-state index contributed by atoms with van der Waals surface area (Å²) >= 11 is 0. The van der Waals surface area contributed by atoms with Crippen LogP contribution in [-0.2, 0) is 4.74 Å². The number of nitrogens with zero attached hydrogens (tertiary/aromatic N) is 5. The lowest BCUT2D eigenvalue weighted by molar-refractivity contribution is 0.0189. The van der Waals surface area contributed by atoms with Crippen molar-refractivity contribution in [1.29, 1.82) is 0 Å². The van der Waals surface area contributed by atoms with E-state index in [1.165, 1.54) is 24.5 Å². The zero-order chi connectivity index (χ0) is 29.0. The number of H-pyrrole nitrogens is 2. The quantitative estimate of drug-likeness (QED) is 0.276. The number of carbonyl (C=O) groups excluding carboxylic acids is 1. The minimum Gasteiger partial charge on any atom is -0.444 e. The number of ether oxygens (including phenoxy) is 1. The van der Waals surface area contributed by atoms with Crippen molar-refractivity contribution in [2.24, 2.45) is 0 Å². The highest BCUT2D eigenvalue weighted by Gasteiger charge is 2.31. The number of halogens is 3. The van der Waals surface area contributed by atoms with Crippen LogP contribution in [0.25, 0.3) is 23.0 Å². The van der Waals surface area contributed by atoms with Crippen LogP contribution in [0, 0.1) is 11.6 Å². The second-order valence-electron chi connectivity index (χ2n) is 11.2. The fourth-order valence-corrected chi connectivity index (χ4v) is 4.75. The Morgan fingerprint density at radius 1 is 0.952 bits per heavy atom. The van der Waals surface area contributed by atoms with Crippen LogP contribution >= 0.6 is 12.4 Å². The van der Waals surface area contributed by atoms with Crippen LogP contribution < -0.4 is 5.32 Å². The smallest absolute Gasteiger partial charge is 0.410 e. The van der Waals surface area contributed by atoms with Gasteiger partial charge >= 0.3 is 6.09 Å². The largest absolute Gasteiger partial charge is 0.444 e. The van der Waals surface area contributed by atoms with Crippen molar-refractivity contribution in [3.63, 3.8) is 0 Å². The standard InChI is InChI=1S/C16H21FN4O3.C11H13FN4O.ClH/c1-16(2,3)23-15(22)21-6-4-5-10(9-21)14-19-13(20-24-14)12-7-11(17)8-18-12;12-8-4-9(14-6-8)10-15-11(17-16-10)7-2-1-3-13-5-7;/h7-8,10,18H,4-6,9H2,1-3H3;4,6-7,13-14H,1-3,5H2;1H/t10-;7-;/m00./s1. The first kappa shape index (κ1) is 31.2. The Balaban J connectivity index is 0.000000198. The summed E-state index contributed by atoms with van der Waals surface area (Å²) < 4.78 is 41.9. The Labute approximate surface area is 247 Å². The molecule has 0 aliphatic carbocycles. The molecule has 0 saturated carbocycles. The lowest BCUT2D eigenvalue weighted by Gasteiger charge is -2.32. The summed E-state index contributed by atoms with van der Waals surface area (Å²) in [7, 11) is 0. The van der Waals surface area contributed by atoms with E-state index in [9.17, 15) is 13.6 Å². The van der Waals surface area contributed by atoms with E-state index in [-0.39, 0.29) is 42.0 Å². The minimum absolute atomic E-state index is 0. The van der Waals surface area contributed by atoms with Crippen LogP contribution in [0.1, 0.15) is 70.1 Å². The number of hydrogen-bond donors (Lipinski definition) is 3. The zero-order valence-electron chi connectivity index (χ0n) is 23.7. The SMILES string of the molecule is CC(C)(C)OC(=O)N1CCC[C@H](c2nc(-c3cc(F)c[nH]3)no2)C1.Cl.Fc1c[nH]c(-c2noc([C@H]3CCCNC3)n2)c1. The van der Waals surface area contributed by atoms with Gasteiger partial charge in [0.1, 0.15) is 17.2 Å². The monoisotopic (exact) mass is 608 g/mol. The normalized spacial score (nSPS) is 19.0. The predicted octanol–water partition coefficient (Wildman–Crippen LogP) is 5.41. The molecule has 42 heavy (non-hydrogen) atoms. The van der Waals surface area contributed by atoms with E-state index in [4.69, 9.17) is 13.8 Å². The van der Waals surface area contributed by atoms with Crippen molar-refractivity contribution in [1.82, 2.24) is 40.5 Å². The van der Waals surface area contributed by atoms with Crippen LogP contribution in [0.4, 0.5) is 13.6 Å². The van der Waals surface area contributed by atoms with Crippen molar-refractivity contribution in [2.45, 2.75) is 63.9 Å². The van der Waals surface area contributed by atoms with Crippen molar-refractivity contribution < 1.29 is 27.4 Å². The summed E-state index contributed by atoms with van der Waals surface area (Å²) in [6.07, 6.45) is 6.01. The van der Waals surface area contributed by atoms with Gasteiger partial charge in [0.15, 0.2) is 0 Å². The van der Waals surface area contributed by atoms with Gasteiger partial charge in [0.2, 0.25) is 23.4 Å². The highest BCUT2D eigenvalue weighted by molar-refractivity contribution is 5.85. The highest BCUT2D eigenvalue weighted by Crippen LogP contribution is 2.28. The fourth-order valence-electron chi connectivity index (χ4n) is 4.75. The van der Waals surface area contributed by atoms with E-state index in [1.807, 2.05) is 20.8 Å². The van der Waals surface area contributed by atoms with Crippen molar-refractivity contribution in [3.8, 4) is 23.0 Å². The number of piperidine rings is 2. The molecule has 2 aliphatic rings. The Bertz CT molecular complexity index is 1440. The van der Waals surface area contributed by atoms with Gasteiger partial charge in [-0.3, -0.25) is 0 Å². The Kier molecular flexibility index (Phi) is 9.99. The maximum absolute atomic E-state index is 13.1. The highest BCUT2D eigenvalue weighted by atomic mass is 35.5. The number of nitrogens with one attached hydrogen (secondary N) is 3. The molecule has 2 aliphatic heterocycles. The van der Waals surface area contributed by atoms with Gasteiger partial charge in [0, 0.05) is 44.2 Å². The molecule has 3 N–H and O–H groups in total. The second-order valence-corrected chi connectivity index (χ2v) is 11.2. The van der Waals surface area contributed by atoms with Crippen LogP contribution in [-0.4, -0.2) is 73.0 Å². The van der Waals surface area contributed by atoms with Gasteiger partial charge in [-0.15, -0.1) is 12.4 Å². The molecular formula is C27H35ClF2N8O4. The number of likely N-dealkylation sites (tertiary alicyclic amines) is 1. The number of aromatic nitrogens is 6. The van der Waals surface area contributed by atoms with E-state index in [0.717, 1.165) is 38.8 Å². The fraction of sp³-hybridized carbons (Fsp3) is 0.519. The molecule has 0 bridgehead atoms. The molecule has 6 heterocycles. The van der Waals surface area contributed by atoms with Gasteiger partial charge in [-0.05, 0) is 53.0 Å². The van der Waals surface area contributed by atoms with Gasteiger partial charge in [0.05, 0.1) is 23.2 Å². The third kappa shape index (κ3) is 7.94. The number of hydrogen-bond acceptors (Lipinski definition) is 9. The summed E-state index contributed by atoms with van der Waals surface area (Å²) in [5.41, 5.74) is 0.475. The van der Waals surface area contributed by atoms with Gasteiger partial charge in [-0.1, -0.05) is 10.3 Å². The van der Waals surface area contributed by atoms with Crippen LogP contribution in [0.5, 0.6) is 0 Å². The first-order chi connectivity index (χ1) is 19.6. The molecule has 228 valence electrons. The molecule has 0 aromatic carbocycles. The molecule has 0 unspecified atom stereocenters. The Morgan fingerprint density at radius 3 is 2.02 bits per heavy atom. The minimum atomic E-state index is -0.528. The summed E-state index contributed by atoms with van der Waals surface area (Å²) in [6.45, 7) is 8.54. The van der Waals surface area contributed by atoms with Crippen molar-refractivity contribution >= 4 is 18.5 Å². The first-order valence-corrected chi connectivity index (χ1v) is 13.7. The lowest BCUT2D eigenvalue weighted by Crippen LogP contribution is -2.42. The average Bonchev–Trinajstić information content (AvgIpc) is 3.76. The van der Waals surface area contributed by atoms with Crippen molar-refractivity contribution in [2.75, 3.05) is 26.2 Å². The molecule has 6 rings (SSSR count). The molecule has 1 amide bonds. The lowest BCUT2D eigenvalue weighted by atomic mass is 9.98. The van der Waals surface area contributed by atoms with Gasteiger partial charge < -0.3 is 34.0 Å². The average molecular weight is 609 g/mol. The maximum Gasteiger partial charge on any atom is 0.410 e. The summed E-state index contributed by atoms with van der Waals surface area (Å²) in [5.74, 6) is 1.31. The zero-order valence-corrected chi connectivity index (χ0v) is 24.5. The van der Waals surface area contributed by atoms with Gasteiger partial charge in [-0.25, -0.2) is 13.6 Å². The van der Waals surface area contributed by atoms with E-state index in [1.54, 1.807) is 4.90 Å². The van der Waals surface area contributed by atoms with Gasteiger partial charge in [0.25, 0.3) is 0 Å². The third-order valence-electron chi connectivity index (χ3n) is 6.73. The van der Waals surface area contributed by atoms with E-state index in [2.05, 4.69) is 35.6 Å². The Hall–Kier alpha value is -3.78. The summed E-state index contributed by atoms with van der Waals surface area (Å²) in [6, 6.07) is 2.66. The molecule has 2 saturated heterocycles. The van der Waals surface area contributed by atoms with Crippen LogP contribution in [0.15, 0.2) is 33.6 Å². The number of carbonyl (C=O) groups is 1. The molecular weight excluding hydrogens is 574 g/mol. The van der Waals surface area contributed by atoms with E-state index < -0.39 is 5.60 Å².